The van der Waals surface area contributed by atoms with E-state index in [9.17, 15) is 19.5 Å². The molecule has 3 amide bonds. The van der Waals surface area contributed by atoms with Gasteiger partial charge in [0.15, 0.2) is 17.1 Å². The van der Waals surface area contributed by atoms with Crippen molar-refractivity contribution in [2.75, 3.05) is 62.5 Å². The number of nitrogens with one attached hydrogen (secondary N) is 3. The zero-order valence-corrected chi connectivity index (χ0v) is 48.7. The van der Waals surface area contributed by atoms with E-state index in [4.69, 9.17) is 36.4 Å². The van der Waals surface area contributed by atoms with Gasteiger partial charge in [0.25, 0.3) is 17.7 Å². The Morgan fingerprint density at radius 3 is 1.24 bits per heavy atom. The molecular formula is C61H67N19O7. The molecule has 26 heteroatoms. The Labute approximate surface area is 500 Å². The van der Waals surface area contributed by atoms with Gasteiger partial charge in [0.05, 0.1) is 54.5 Å². The summed E-state index contributed by atoms with van der Waals surface area (Å²) in [6, 6.07) is 22.8. The number of anilines is 3. The molecule has 0 atom stereocenters. The van der Waals surface area contributed by atoms with Crippen LogP contribution in [0.5, 0.6) is 17.2 Å². The Morgan fingerprint density at radius 1 is 0.529 bits per heavy atom. The molecule has 26 nitrogen and oxygen atoms in total. The first-order chi connectivity index (χ1) is 42.2. The van der Waals surface area contributed by atoms with Crippen molar-refractivity contribution in [3.63, 3.8) is 0 Å². The number of benzene rings is 3. The molecule has 10 N–H and O–H groups in total. The van der Waals surface area contributed by atoms with Crippen LogP contribution in [0.1, 0.15) is 81.5 Å². The van der Waals surface area contributed by atoms with Crippen LogP contribution in [0.2, 0.25) is 0 Å². The summed E-state index contributed by atoms with van der Waals surface area (Å²) in [5.41, 5.74) is 31.1. The van der Waals surface area contributed by atoms with E-state index in [1.807, 2.05) is 73.1 Å². The lowest BCUT2D eigenvalue weighted by atomic mass is 9.93. The maximum atomic E-state index is 11.8. The molecule has 3 aliphatic carbocycles. The smallest absolute Gasteiger partial charge is 0.269 e. The quantitative estimate of drug-likeness (QED) is 0.0660. The highest BCUT2D eigenvalue weighted by atomic mass is 16.5. The van der Waals surface area contributed by atoms with Gasteiger partial charge in [-0.3, -0.25) is 33.3 Å². The van der Waals surface area contributed by atoms with E-state index < -0.39 is 17.7 Å². The minimum absolute atomic E-state index is 0.229. The number of carbonyl (C=O) groups is 3. The number of aromatic hydroxyl groups is 1. The van der Waals surface area contributed by atoms with Crippen molar-refractivity contribution < 1.29 is 33.7 Å². The molecule has 4 aliphatic rings. The Hall–Kier alpha value is -10.3. The van der Waals surface area contributed by atoms with Crippen LogP contribution in [0, 0.1) is 0 Å². The second kappa shape index (κ2) is 25.9. The summed E-state index contributed by atoms with van der Waals surface area (Å²) in [6.45, 7) is 6.80. The van der Waals surface area contributed by atoms with Crippen molar-refractivity contribution in [1.29, 1.82) is 0 Å². The molecule has 7 heterocycles. The Morgan fingerprint density at radius 2 is 0.885 bits per heavy atom. The molecule has 0 bridgehead atoms. The third kappa shape index (κ3) is 13.2. The van der Waals surface area contributed by atoms with E-state index >= 15 is 0 Å². The molecule has 3 aromatic carbocycles. The number of rotatable bonds is 17. The fraction of sp³-hybridized carbons (Fsp3) is 0.311. The fourth-order valence-electron chi connectivity index (χ4n) is 11.0. The number of phenolic OH excluding ortho intramolecular Hbond substituents is 1. The molecule has 1 fully saturated rings. The monoisotopic (exact) mass is 1180 g/mol. The third-order valence-electron chi connectivity index (χ3n) is 15.5. The second-order valence-electron chi connectivity index (χ2n) is 21.2. The van der Waals surface area contributed by atoms with E-state index in [2.05, 4.69) is 61.1 Å². The number of amides is 3. The Bertz CT molecular complexity index is 3990. The van der Waals surface area contributed by atoms with E-state index in [1.54, 1.807) is 60.6 Å². The number of phenols is 1. The van der Waals surface area contributed by atoms with Gasteiger partial charge in [-0.1, -0.05) is 36.4 Å². The molecule has 0 radical (unpaired) electrons. The molecule has 448 valence electrons. The summed E-state index contributed by atoms with van der Waals surface area (Å²) in [5.74, 6) is 1.90. The van der Waals surface area contributed by atoms with E-state index in [-0.39, 0.29) is 5.75 Å². The zero-order valence-electron chi connectivity index (χ0n) is 48.7. The topological polar surface area (TPSA) is 347 Å². The number of carbonyl (C=O) groups excluding carboxylic acids is 3. The van der Waals surface area contributed by atoms with Gasteiger partial charge in [0.2, 0.25) is 17.8 Å². The lowest BCUT2D eigenvalue weighted by Crippen LogP contribution is -2.38. The van der Waals surface area contributed by atoms with Gasteiger partial charge in [-0.15, -0.1) is 0 Å². The van der Waals surface area contributed by atoms with Crippen LogP contribution in [-0.4, -0.2) is 134 Å². The maximum Gasteiger partial charge on any atom is 0.269 e. The lowest BCUT2D eigenvalue weighted by Gasteiger charge is -2.26. The molecule has 9 aromatic rings. The first-order valence-electron chi connectivity index (χ1n) is 28.5. The number of fused-ring (bicyclic) bond motifs is 9. The van der Waals surface area contributed by atoms with Gasteiger partial charge < -0.3 is 52.5 Å². The molecule has 13 rings (SSSR count). The number of methoxy groups -OCH3 is 1. The highest BCUT2D eigenvalue weighted by molar-refractivity contribution is 5.96. The van der Waals surface area contributed by atoms with Crippen molar-refractivity contribution in [3.8, 4) is 51.4 Å². The predicted molar refractivity (Wildman–Crippen MR) is 323 cm³/mol. The largest absolute Gasteiger partial charge is 0.508 e. The number of nitrogens with two attached hydrogens (primary N) is 3. The average Bonchev–Trinajstić information content (AvgIpc) is 1.82. The summed E-state index contributed by atoms with van der Waals surface area (Å²) in [4.78, 5) is 64.7. The van der Waals surface area contributed by atoms with E-state index in [0.29, 0.717) is 80.4 Å². The van der Waals surface area contributed by atoms with Crippen LogP contribution in [0.25, 0.3) is 34.2 Å². The van der Waals surface area contributed by atoms with Gasteiger partial charge >= 0.3 is 0 Å². The number of aryl methyl sites for hydroxylation is 6. The van der Waals surface area contributed by atoms with E-state index in [1.165, 1.54) is 0 Å². The van der Waals surface area contributed by atoms with Gasteiger partial charge in [0.1, 0.15) is 23.9 Å². The number of aromatic nitrogens is 12. The van der Waals surface area contributed by atoms with Gasteiger partial charge in [0, 0.05) is 95.7 Å². The molecule has 1 saturated heterocycles. The van der Waals surface area contributed by atoms with Crippen LogP contribution in [-0.2, 0) is 84.0 Å². The zero-order chi connectivity index (χ0) is 60.7. The number of morpholine rings is 1. The van der Waals surface area contributed by atoms with Crippen LogP contribution in [0.4, 0.5) is 17.8 Å². The van der Waals surface area contributed by atoms with Gasteiger partial charge in [-0.25, -0.2) is 29.9 Å². The summed E-state index contributed by atoms with van der Waals surface area (Å²) >= 11 is 0. The molecule has 6 aromatic heterocycles. The Balaban J connectivity index is 0.000000137. The van der Waals surface area contributed by atoms with Crippen molar-refractivity contribution in [3.05, 3.63) is 159 Å². The number of hydrogen-bond donors (Lipinski definition) is 7. The lowest BCUT2D eigenvalue weighted by molar-refractivity contribution is 0.0322. The highest BCUT2D eigenvalue weighted by Gasteiger charge is 2.31. The first-order valence-corrected chi connectivity index (χ1v) is 28.5. The summed E-state index contributed by atoms with van der Waals surface area (Å²) in [6.07, 6.45) is 9.83. The number of ether oxygens (including phenoxy) is 3. The molecular weight excluding hydrogens is 1110 g/mol. The molecule has 0 spiro atoms. The van der Waals surface area contributed by atoms with Crippen LogP contribution in [0.3, 0.4) is 0 Å². The van der Waals surface area contributed by atoms with Crippen molar-refractivity contribution in [2.45, 2.75) is 58.2 Å². The van der Waals surface area contributed by atoms with Crippen molar-refractivity contribution in [1.82, 2.24) is 64.1 Å². The minimum atomic E-state index is -0.523. The van der Waals surface area contributed by atoms with Crippen molar-refractivity contribution >= 4 is 35.6 Å². The molecule has 1 aliphatic heterocycles. The SMILES string of the molecule is COc1ccc(CNc2ncc3c(n2)-c2c(c(C(N)=O)nn2C)CC3)cc1.Cn1nc(C(N)=O)c2c1-c1nc(NCc3ccc(O)cc3)ncc1CC2.Cn1nc(C(N)=O)c2c1-c1nc(NCc3ccc(OCCN4CCOCC4)cc3)ncc1CC2. The normalized spacial score (nSPS) is 13.5. The number of hydrogen-bond acceptors (Lipinski definition) is 20. The maximum absolute atomic E-state index is 11.8. The van der Waals surface area contributed by atoms with Gasteiger partial charge in [-0.2, -0.15) is 15.3 Å². The molecule has 0 saturated carbocycles. The average molecular weight is 1180 g/mol. The predicted octanol–water partition coefficient (Wildman–Crippen LogP) is 4.49. The summed E-state index contributed by atoms with van der Waals surface area (Å²) in [7, 11) is 7.03. The van der Waals surface area contributed by atoms with Gasteiger partial charge in [-0.05, 0) is 108 Å². The standard InChI is InChI=1S/C24H29N7O3.C19H20N6O2.C18H18N6O2/c1-30-22-19(21(29-30)23(25)32)7-4-17-15-27-24(28-20(17)22)26-14-16-2-5-18(6-3-16)34-13-10-31-8-11-33-12-9-31;1-25-17-14(16(24-25)18(20)26)8-5-12-10-22-19(23-15(12)17)21-9-11-3-6-13(27-2)7-4-11;1-24-16-13(15(23-24)17(19)26)7-4-11-9-21-18(22-14(11)16)20-8-10-2-5-12(25)6-3-10/h2-3,5-6,15H,4,7-14H2,1H3,(H2,25,32)(H,26,27,28);3-4,6-7,10H,5,8-9H2,1-2H3,(H2,20,26)(H,21,22,23);2-3,5-6,9,25H,4,7-8H2,1H3,(H2,19,26)(H,20,21,22). The summed E-state index contributed by atoms with van der Waals surface area (Å²) < 4.78 is 21.4. The van der Waals surface area contributed by atoms with E-state index in [0.717, 1.165) is 148 Å². The minimum Gasteiger partial charge on any atom is -0.508 e. The summed E-state index contributed by atoms with van der Waals surface area (Å²) in [5, 5.41) is 31.9. The second-order valence-corrected chi connectivity index (χ2v) is 21.2. The number of nitrogens with zero attached hydrogens (tertiary/aromatic N) is 13. The van der Waals surface area contributed by atoms with Crippen LogP contribution >= 0.6 is 0 Å². The fourth-order valence-corrected chi connectivity index (χ4v) is 11.0. The van der Waals surface area contributed by atoms with Crippen LogP contribution in [0.15, 0.2) is 91.4 Å². The third-order valence-corrected chi connectivity index (χ3v) is 15.5. The first kappa shape index (κ1) is 58.4. The molecule has 0 unspecified atom stereocenters. The highest BCUT2D eigenvalue weighted by Crippen LogP contribution is 2.37. The van der Waals surface area contributed by atoms with Crippen LogP contribution < -0.4 is 42.6 Å². The van der Waals surface area contributed by atoms with Crippen molar-refractivity contribution in [2.24, 2.45) is 38.3 Å². The molecule has 87 heavy (non-hydrogen) atoms. The Kier molecular flexibility index (Phi) is 17.4. The number of primary amides is 3.